The van der Waals surface area contributed by atoms with Gasteiger partial charge in [0.15, 0.2) is 0 Å². The lowest BCUT2D eigenvalue weighted by Gasteiger charge is -2.21. The van der Waals surface area contributed by atoms with E-state index < -0.39 is 23.7 Å². The molecule has 0 unspecified atom stereocenters. The molecular formula is C12H11F3N2O3. The second kappa shape index (κ2) is 4.69. The van der Waals surface area contributed by atoms with Gasteiger partial charge in [0.1, 0.15) is 5.54 Å². The van der Waals surface area contributed by atoms with E-state index in [1.807, 2.05) is 5.32 Å². The number of nitrogens with one attached hydrogen (secondary N) is 2. The van der Waals surface area contributed by atoms with Crippen LogP contribution in [0.5, 0.6) is 0 Å². The Morgan fingerprint density at radius 2 is 1.80 bits per heavy atom. The van der Waals surface area contributed by atoms with E-state index in [9.17, 15) is 22.8 Å². The number of para-hydroxylation sites is 1. The van der Waals surface area contributed by atoms with Crippen molar-refractivity contribution < 1.29 is 27.9 Å². The Morgan fingerprint density at radius 3 is 2.30 bits per heavy atom. The van der Waals surface area contributed by atoms with Crippen molar-refractivity contribution in [3.63, 3.8) is 0 Å². The van der Waals surface area contributed by atoms with Gasteiger partial charge in [-0.3, -0.25) is 0 Å². The molecule has 0 spiro atoms. The molecule has 0 saturated heterocycles. The fraction of sp³-hybridized carbons (Fsp3) is 0.333. The summed E-state index contributed by atoms with van der Waals surface area (Å²) in [6.45, 7) is 0. The number of anilines is 1. The first-order chi connectivity index (χ1) is 9.25. The third kappa shape index (κ3) is 2.68. The Hall–Kier alpha value is -2.25. The summed E-state index contributed by atoms with van der Waals surface area (Å²) in [5.41, 5.74) is -2.44. The smallest absolute Gasteiger partial charge is 0.411 e. The maximum Gasteiger partial charge on any atom is 0.411 e. The van der Waals surface area contributed by atoms with Crippen LogP contribution in [0.3, 0.4) is 0 Å². The third-order valence-electron chi connectivity index (χ3n) is 3.05. The van der Waals surface area contributed by atoms with E-state index in [1.54, 1.807) is 0 Å². The predicted octanol–water partition coefficient (Wildman–Crippen LogP) is 2.60. The lowest BCUT2D eigenvalue weighted by Crippen LogP contribution is -2.49. The highest BCUT2D eigenvalue weighted by atomic mass is 19.4. The standard InChI is InChI=1S/C12H11F3N2O3/c13-12(14,15)11(5-6-11)17-10(20)16-8-4-2-1-3-7(8)9(18)19/h1-4H,5-6H2,(H,18,19)(H2,16,17,20). The maximum atomic E-state index is 12.7. The monoisotopic (exact) mass is 288 g/mol. The highest BCUT2D eigenvalue weighted by Crippen LogP contribution is 2.48. The summed E-state index contributed by atoms with van der Waals surface area (Å²) in [6, 6.07) is 4.39. The summed E-state index contributed by atoms with van der Waals surface area (Å²) in [6.07, 6.45) is -4.87. The Bertz CT molecular complexity index is 553. The number of benzene rings is 1. The highest BCUT2D eigenvalue weighted by Gasteiger charge is 2.64. The quantitative estimate of drug-likeness (QED) is 0.800. The number of amides is 2. The minimum atomic E-state index is -4.52. The molecular weight excluding hydrogens is 277 g/mol. The van der Waals surface area contributed by atoms with Crippen LogP contribution in [-0.4, -0.2) is 28.8 Å². The first kappa shape index (κ1) is 14.2. The molecule has 0 radical (unpaired) electrons. The molecule has 0 bridgehead atoms. The number of hydrogen-bond acceptors (Lipinski definition) is 2. The molecule has 1 aromatic rings. The summed E-state index contributed by atoms with van der Waals surface area (Å²) in [5, 5.41) is 12.9. The average Bonchev–Trinajstić information content (AvgIpc) is 3.09. The number of halogens is 3. The van der Waals surface area contributed by atoms with Crippen molar-refractivity contribution in [2.75, 3.05) is 5.32 Å². The van der Waals surface area contributed by atoms with Gasteiger partial charge in [-0.25, -0.2) is 9.59 Å². The Balaban J connectivity index is 2.08. The predicted molar refractivity (Wildman–Crippen MR) is 63.6 cm³/mol. The van der Waals surface area contributed by atoms with Crippen LogP contribution in [0.2, 0.25) is 0 Å². The fourth-order valence-corrected chi connectivity index (χ4v) is 1.75. The number of carbonyl (C=O) groups is 2. The number of alkyl halides is 3. The molecule has 0 aromatic heterocycles. The zero-order valence-electron chi connectivity index (χ0n) is 10.1. The summed E-state index contributed by atoms with van der Waals surface area (Å²) in [7, 11) is 0. The molecule has 1 aliphatic carbocycles. The van der Waals surface area contributed by atoms with Gasteiger partial charge in [0.05, 0.1) is 11.3 Å². The van der Waals surface area contributed by atoms with Gasteiger partial charge in [0.2, 0.25) is 0 Å². The molecule has 2 amide bonds. The SMILES string of the molecule is O=C(Nc1ccccc1C(=O)O)NC1(C(F)(F)F)CC1. The highest BCUT2D eigenvalue weighted by molar-refractivity contribution is 6.00. The van der Waals surface area contributed by atoms with Crippen LogP contribution in [0.15, 0.2) is 24.3 Å². The minimum Gasteiger partial charge on any atom is -0.478 e. The molecule has 1 fully saturated rings. The van der Waals surface area contributed by atoms with Gasteiger partial charge in [0, 0.05) is 0 Å². The van der Waals surface area contributed by atoms with Crippen LogP contribution in [0.25, 0.3) is 0 Å². The number of carboxylic acids is 1. The Kier molecular flexibility index (Phi) is 3.33. The van der Waals surface area contributed by atoms with Crippen LogP contribution >= 0.6 is 0 Å². The number of aromatic carboxylic acids is 1. The Morgan fingerprint density at radius 1 is 1.20 bits per heavy atom. The van der Waals surface area contributed by atoms with Crippen molar-refractivity contribution in [3.05, 3.63) is 29.8 Å². The molecule has 1 aliphatic rings. The van der Waals surface area contributed by atoms with E-state index in [4.69, 9.17) is 5.11 Å². The van der Waals surface area contributed by atoms with Gasteiger partial charge >= 0.3 is 18.2 Å². The molecule has 8 heteroatoms. The van der Waals surface area contributed by atoms with E-state index in [2.05, 4.69) is 5.32 Å². The molecule has 0 atom stereocenters. The molecule has 1 saturated carbocycles. The maximum absolute atomic E-state index is 12.7. The molecule has 0 heterocycles. The zero-order chi connectivity index (χ0) is 15.0. The van der Waals surface area contributed by atoms with Crippen molar-refractivity contribution in [3.8, 4) is 0 Å². The average molecular weight is 288 g/mol. The second-order valence-corrected chi connectivity index (χ2v) is 4.51. The van der Waals surface area contributed by atoms with E-state index in [0.717, 1.165) is 0 Å². The van der Waals surface area contributed by atoms with Gasteiger partial charge in [-0.1, -0.05) is 12.1 Å². The largest absolute Gasteiger partial charge is 0.478 e. The fourth-order valence-electron chi connectivity index (χ4n) is 1.75. The lowest BCUT2D eigenvalue weighted by atomic mass is 10.2. The molecule has 3 N–H and O–H groups in total. The molecule has 1 aromatic carbocycles. The third-order valence-corrected chi connectivity index (χ3v) is 3.05. The van der Waals surface area contributed by atoms with Gasteiger partial charge in [-0.05, 0) is 25.0 Å². The molecule has 20 heavy (non-hydrogen) atoms. The van der Waals surface area contributed by atoms with Crippen molar-refractivity contribution >= 4 is 17.7 Å². The van der Waals surface area contributed by atoms with Crippen LogP contribution < -0.4 is 10.6 Å². The van der Waals surface area contributed by atoms with Crippen molar-refractivity contribution in [1.29, 1.82) is 0 Å². The van der Waals surface area contributed by atoms with Crippen LogP contribution in [-0.2, 0) is 0 Å². The number of urea groups is 1. The summed E-state index contributed by atoms with van der Waals surface area (Å²) in [5.74, 6) is -1.28. The number of carbonyl (C=O) groups excluding carboxylic acids is 1. The van der Waals surface area contributed by atoms with E-state index in [0.29, 0.717) is 0 Å². The number of rotatable bonds is 3. The van der Waals surface area contributed by atoms with Crippen molar-refractivity contribution in [1.82, 2.24) is 5.32 Å². The van der Waals surface area contributed by atoms with Crippen molar-refractivity contribution in [2.45, 2.75) is 24.6 Å². The normalized spacial score (nSPS) is 16.4. The Labute approximate surface area is 111 Å². The summed E-state index contributed by atoms with van der Waals surface area (Å²) in [4.78, 5) is 22.5. The number of carboxylic acid groups (broad SMARTS) is 1. The molecule has 2 rings (SSSR count). The minimum absolute atomic E-state index is 0.0597. The lowest BCUT2D eigenvalue weighted by molar-refractivity contribution is -0.162. The molecule has 5 nitrogen and oxygen atoms in total. The van der Waals surface area contributed by atoms with Gasteiger partial charge in [-0.15, -0.1) is 0 Å². The first-order valence-corrected chi connectivity index (χ1v) is 5.73. The van der Waals surface area contributed by atoms with Crippen molar-refractivity contribution in [2.24, 2.45) is 0 Å². The summed E-state index contributed by atoms with van der Waals surface area (Å²) < 4.78 is 38.0. The van der Waals surface area contributed by atoms with Crippen LogP contribution in [0, 0.1) is 0 Å². The zero-order valence-corrected chi connectivity index (χ0v) is 10.1. The number of hydrogen-bond donors (Lipinski definition) is 3. The van der Waals surface area contributed by atoms with E-state index in [-0.39, 0.29) is 24.1 Å². The topological polar surface area (TPSA) is 78.4 Å². The summed E-state index contributed by atoms with van der Waals surface area (Å²) >= 11 is 0. The van der Waals surface area contributed by atoms with Crippen LogP contribution in [0.1, 0.15) is 23.2 Å². The second-order valence-electron chi connectivity index (χ2n) is 4.51. The van der Waals surface area contributed by atoms with Gasteiger partial charge in [-0.2, -0.15) is 13.2 Å². The first-order valence-electron chi connectivity index (χ1n) is 5.73. The van der Waals surface area contributed by atoms with Gasteiger partial charge in [0.25, 0.3) is 0 Å². The molecule has 0 aliphatic heterocycles. The van der Waals surface area contributed by atoms with Gasteiger partial charge < -0.3 is 15.7 Å². The molecule has 108 valence electrons. The van der Waals surface area contributed by atoms with Crippen LogP contribution in [0.4, 0.5) is 23.7 Å². The van der Waals surface area contributed by atoms with E-state index >= 15 is 0 Å². The van der Waals surface area contributed by atoms with E-state index in [1.165, 1.54) is 24.3 Å².